The zero-order chi connectivity index (χ0) is 9.23. The van der Waals surface area contributed by atoms with E-state index in [4.69, 9.17) is 4.43 Å². The maximum atomic E-state index is 5.32. The van der Waals surface area contributed by atoms with Gasteiger partial charge in [-0.3, -0.25) is 0 Å². The third-order valence-corrected chi connectivity index (χ3v) is 4.39. The van der Waals surface area contributed by atoms with Crippen LogP contribution in [0.2, 0.25) is 12.6 Å². The second-order valence-electron chi connectivity index (χ2n) is 3.60. The molecule has 1 atom stereocenters. The van der Waals surface area contributed by atoms with Crippen molar-refractivity contribution < 1.29 is 4.43 Å². The molecule has 1 unspecified atom stereocenters. The molecule has 0 aliphatic heterocycles. The van der Waals surface area contributed by atoms with Crippen LogP contribution in [-0.4, -0.2) is 16.2 Å². The Morgan fingerprint density at radius 3 is 2.17 bits per heavy atom. The van der Waals surface area contributed by atoms with E-state index in [1.807, 2.05) is 7.11 Å². The molecular weight excluding hydrogens is 164 g/mol. The van der Waals surface area contributed by atoms with Crippen molar-refractivity contribution in [1.29, 1.82) is 0 Å². The zero-order valence-electron chi connectivity index (χ0n) is 8.94. The van der Waals surface area contributed by atoms with E-state index in [0.29, 0.717) is 0 Å². The highest BCUT2D eigenvalue weighted by Crippen LogP contribution is 2.08. The highest BCUT2D eigenvalue weighted by atomic mass is 28.3. The lowest BCUT2D eigenvalue weighted by molar-refractivity contribution is 0.421. The van der Waals surface area contributed by atoms with Crippen molar-refractivity contribution in [2.45, 2.75) is 58.0 Å². The zero-order valence-corrected chi connectivity index (χ0v) is 10.1. The van der Waals surface area contributed by atoms with Gasteiger partial charge in [0.05, 0.1) is 0 Å². The van der Waals surface area contributed by atoms with Crippen molar-refractivity contribution in [3.63, 3.8) is 0 Å². The number of unbranched alkanes of at least 4 members (excludes halogenated alkanes) is 5. The van der Waals surface area contributed by atoms with Crippen LogP contribution in [0.3, 0.4) is 0 Å². The first kappa shape index (κ1) is 12.2. The van der Waals surface area contributed by atoms with Gasteiger partial charge in [-0.15, -0.1) is 0 Å². The van der Waals surface area contributed by atoms with Crippen molar-refractivity contribution in [2.75, 3.05) is 7.11 Å². The van der Waals surface area contributed by atoms with Crippen LogP contribution in [0, 0.1) is 0 Å². The van der Waals surface area contributed by atoms with Crippen LogP contribution < -0.4 is 0 Å². The van der Waals surface area contributed by atoms with Crippen LogP contribution in [0.15, 0.2) is 0 Å². The van der Waals surface area contributed by atoms with Crippen LogP contribution in [0.1, 0.15) is 45.4 Å². The molecule has 0 aromatic rings. The molecule has 0 radical (unpaired) electrons. The average molecular weight is 188 g/mol. The molecular formula is C10H24OSi. The molecule has 0 saturated carbocycles. The maximum Gasteiger partial charge on any atom is 0.173 e. The highest BCUT2D eigenvalue weighted by molar-refractivity contribution is 6.50. The minimum atomic E-state index is -0.740. The Kier molecular flexibility index (Phi) is 9.40. The van der Waals surface area contributed by atoms with Gasteiger partial charge in [-0.25, -0.2) is 0 Å². The summed E-state index contributed by atoms with van der Waals surface area (Å²) in [6.45, 7) is 4.55. The first-order chi connectivity index (χ1) is 5.81. The monoisotopic (exact) mass is 188 g/mol. The predicted octanol–water partition coefficient (Wildman–Crippen LogP) is 3.35. The molecule has 0 heterocycles. The lowest BCUT2D eigenvalue weighted by atomic mass is 10.1. The van der Waals surface area contributed by atoms with Gasteiger partial charge in [0.2, 0.25) is 0 Å². The lowest BCUT2D eigenvalue weighted by Crippen LogP contribution is -2.08. The van der Waals surface area contributed by atoms with Crippen LogP contribution in [-0.2, 0) is 4.43 Å². The Morgan fingerprint density at radius 2 is 1.58 bits per heavy atom. The molecule has 74 valence electrons. The summed E-state index contributed by atoms with van der Waals surface area (Å²) in [6.07, 6.45) is 8.43. The summed E-state index contributed by atoms with van der Waals surface area (Å²) in [5.74, 6) is 0. The molecule has 0 saturated heterocycles. The van der Waals surface area contributed by atoms with Crippen LogP contribution in [0.4, 0.5) is 0 Å². The highest BCUT2D eigenvalue weighted by Gasteiger charge is 2.00. The smallest absolute Gasteiger partial charge is 0.173 e. The van der Waals surface area contributed by atoms with E-state index in [1.54, 1.807) is 0 Å². The van der Waals surface area contributed by atoms with Crippen molar-refractivity contribution in [2.24, 2.45) is 0 Å². The fourth-order valence-electron chi connectivity index (χ4n) is 1.33. The van der Waals surface area contributed by atoms with E-state index in [2.05, 4.69) is 13.5 Å². The Morgan fingerprint density at radius 1 is 1.00 bits per heavy atom. The first-order valence-corrected chi connectivity index (χ1v) is 7.78. The fraction of sp³-hybridized carbons (Fsp3) is 1.00. The summed E-state index contributed by atoms with van der Waals surface area (Å²) in [7, 11) is 1.11. The molecule has 0 aliphatic carbocycles. The maximum absolute atomic E-state index is 5.32. The molecule has 0 aromatic heterocycles. The van der Waals surface area contributed by atoms with Crippen molar-refractivity contribution >= 4 is 9.04 Å². The Hall–Kier alpha value is 0.177. The number of rotatable bonds is 8. The summed E-state index contributed by atoms with van der Waals surface area (Å²) in [6, 6.07) is 1.36. The van der Waals surface area contributed by atoms with Crippen LogP contribution in [0.5, 0.6) is 0 Å². The third kappa shape index (κ3) is 8.28. The van der Waals surface area contributed by atoms with Gasteiger partial charge in [0, 0.05) is 7.11 Å². The lowest BCUT2D eigenvalue weighted by Gasteiger charge is -2.06. The Bertz CT molecular complexity index is 85.9. The molecule has 12 heavy (non-hydrogen) atoms. The molecule has 0 spiro atoms. The normalized spacial score (nSPS) is 13.2. The van der Waals surface area contributed by atoms with Crippen molar-refractivity contribution in [3.8, 4) is 0 Å². The van der Waals surface area contributed by atoms with Crippen molar-refractivity contribution in [3.05, 3.63) is 0 Å². The molecule has 0 aliphatic rings. The first-order valence-electron chi connectivity index (χ1n) is 5.34. The molecule has 0 aromatic carbocycles. The summed E-state index contributed by atoms with van der Waals surface area (Å²) >= 11 is 0. The van der Waals surface area contributed by atoms with Gasteiger partial charge < -0.3 is 4.43 Å². The molecule has 0 bridgehead atoms. The number of hydrogen-bond acceptors (Lipinski definition) is 1. The quantitative estimate of drug-likeness (QED) is 0.419. The molecule has 0 amide bonds. The topological polar surface area (TPSA) is 9.23 Å². The molecule has 0 fully saturated rings. The SMILES string of the molecule is CCCCCCCC[SiH](C)OC. The van der Waals surface area contributed by atoms with Gasteiger partial charge in [0.1, 0.15) is 0 Å². The standard InChI is InChI=1S/C10H24OSi/c1-4-5-6-7-8-9-10-12(3)11-2/h12H,4-10H2,1-3H3. The van der Waals surface area contributed by atoms with Gasteiger partial charge in [0.15, 0.2) is 9.04 Å². The van der Waals surface area contributed by atoms with Crippen LogP contribution in [0.25, 0.3) is 0 Å². The fourth-order valence-corrected chi connectivity index (χ4v) is 2.43. The Labute approximate surface area is 79.2 Å². The van der Waals surface area contributed by atoms with Crippen LogP contribution >= 0.6 is 0 Å². The summed E-state index contributed by atoms with van der Waals surface area (Å²) in [4.78, 5) is 0. The van der Waals surface area contributed by atoms with E-state index in [1.165, 1.54) is 44.6 Å². The summed E-state index contributed by atoms with van der Waals surface area (Å²) in [5.41, 5.74) is 0. The second-order valence-corrected chi connectivity index (χ2v) is 6.27. The summed E-state index contributed by atoms with van der Waals surface area (Å²) < 4.78 is 5.32. The van der Waals surface area contributed by atoms with Gasteiger partial charge in [-0.2, -0.15) is 0 Å². The molecule has 0 rings (SSSR count). The van der Waals surface area contributed by atoms with Gasteiger partial charge in [0.25, 0.3) is 0 Å². The average Bonchev–Trinajstić information content (AvgIpc) is 2.10. The largest absolute Gasteiger partial charge is 0.423 e. The minimum absolute atomic E-state index is 0.740. The van der Waals surface area contributed by atoms with Gasteiger partial charge in [-0.05, 0) is 12.6 Å². The third-order valence-electron chi connectivity index (χ3n) is 2.37. The summed E-state index contributed by atoms with van der Waals surface area (Å²) in [5, 5.41) is 0. The van der Waals surface area contributed by atoms with E-state index < -0.39 is 9.04 Å². The van der Waals surface area contributed by atoms with E-state index in [-0.39, 0.29) is 0 Å². The molecule has 1 nitrogen and oxygen atoms in total. The van der Waals surface area contributed by atoms with E-state index >= 15 is 0 Å². The van der Waals surface area contributed by atoms with E-state index in [9.17, 15) is 0 Å². The molecule has 2 heteroatoms. The number of hydrogen-bond donors (Lipinski definition) is 0. The predicted molar refractivity (Wildman–Crippen MR) is 58.2 cm³/mol. The minimum Gasteiger partial charge on any atom is -0.423 e. The second kappa shape index (κ2) is 9.27. The van der Waals surface area contributed by atoms with E-state index in [0.717, 1.165) is 0 Å². The van der Waals surface area contributed by atoms with Gasteiger partial charge >= 0.3 is 0 Å². The molecule has 0 N–H and O–H groups in total. The Balaban J connectivity index is 2.90. The van der Waals surface area contributed by atoms with Gasteiger partial charge in [-0.1, -0.05) is 45.4 Å². The van der Waals surface area contributed by atoms with Crippen molar-refractivity contribution in [1.82, 2.24) is 0 Å².